The zero-order valence-electron chi connectivity index (χ0n) is 9.96. The van der Waals surface area contributed by atoms with Crippen LogP contribution in [-0.2, 0) is 4.74 Å². The molecule has 0 aromatic rings. The van der Waals surface area contributed by atoms with Gasteiger partial charge in [-0.2, -0.15) is 13.2 Å². The maximum atomic E-state index is 12.4. The lowest BCUT2D eigenvalue weighted by atomic mass is 10.2. The van der Waals surface area contributed by atoms with Crippen molar-refractivity contribution in [1.29, 1.82) is 0 Å². The zero-order chi connectivity index (χ0) is 12.5. The summed E-state index contributed by atoms with van der Waals surface area (Å²) in [5.74, 6) is 0. The van der Waals surface area contributed by atoms with Gasteiger partial charge in [0.05, 0.1) is 12.6 Å². The first-order valence-corrected chi connectivity index (χ1v) is 6.05. The van der Waals surface area contributed by atoms with Gasteiger partial charge in [0.1, 0.15) is 0 Å². The van der Waals surface area contributed by atoms with Crippen molar-refractivity contribution in [2.45, 2.75) is 43.6 Å². The molecule has 1 saturated heterocycles. The molecule has 0 amide bonds. The maximum absolute atomic E-state index is 12.4. The van der Waals surface area contributed by atoms with Crippen molar-refractivity contribution in [3.8, 4) is 0 Å². The molecule has 1 heterocycles. The van der Waals surface area contributed by atoms with E-state index in [1.165, 1.54) is 0 Å². The summed E-state index contributed by atoms with van der Waals surface area (Å²) >= 11 is 0. The van der Waals surface area contributed by atoms with Crippen LogP contribution in [0.15, 0.2) is 0 Å². The molecule has 0 spiro atoms. The summed E-state index contributed by atoms with van der Waals surface area (Å²) in [5, 5.41) is 3.22. The molecule has 1 aliphatic carbocycles. The number of methoxy groups -OCH3 is 1. The second-order valence-corrected chi connectivity index (χ2v) is 4.97. The molecule has 1 aliphatic heterocycles. The Bertz CT molecular complexity index is 256. The van der Waals surface area contributed by atoms with Crippen LogP contribution in [-0.4, -0.2) is 56.0 Å². The molecular weight excluding hydrogens is 233 g/mol. The highest BCUT2D eigenvalue weighted by atomic mass is 19.4. The summed E-state index contributed by atoms with van der Waals surface area (Å²) in [5.41, 5.74) is 0. The van der Waals surface area contributed by atoms with E-state index >= 15 is 0 Å². The number of nitrogens with zero attached hydrogens (tertiary/aromatic N) is 1. The predicted molar refractivity (Wildman–Crippen MR) is 57.9 cm³/mol. The summed E-state index contributed by atoms with van der Waals surface area (Å²) in [6.45, 7) is 0.434. The van der Waals surface area contributed by atoms with Gasteiger partial charge in [0.25, 0.3) is 0 Å². The van der Waals surface area contributed by atoms with Crippen LogP contribution in [0.4, 0.5) is 13.2 Å². The summed E-state index contributed by atoms with van der Waals surface area (Å²) in [6.07, 6.45) is -1.35. The molecule has 3 nitrogen and oxygen atoms in total. The normalized spacial score (nSPS) is 30.2. The van der Waals surface area contributed by atoms with E-state index in [0.717, 1.165) is 25.8 Å². The van der Waals surface area contributed by atoms with E-state index < -0.39 is 12.7 Å². The molecule has 0 aromatic carbocycles. The maximum Gasteiger partial charge on any atom is 0.401 e. The first-order valence-electron chi connectivity index (χ1n) is 6.05. The SMILES string of the molecule is COC1CNC(CN(CC(F)(F)F)C2CC2)C1. The minimum Gasteiger partial charge on any atom is -0.380 e. The number of hydrogen-bond acceptors (Lipinski definition) is 3. The molecule has 0 aromatic heterocycles. The van der Waals surface area contributed by atoms with E-state index in [4.69, 9.17) is 4.74 Å². The highest BCUT2D eigenvalue weighted by Crippen LogP contribution is 2.30. The third-order valence-corrected chi connectivity index (χ3v) is 3.42. The van der Waals surface area contributed by atoms with Crippen LogP contribution in [0.5, 0.6) is 0 Å². The molecule has 0 radical (unpaired) electrons. The van der Waals surface area contributed by atoms with Crippen LogP contribution in [0.2, 0.25) is 0 Å². The fourth-order valence-corrected chi connectivity index (χ4v) is 2.40. The van der Waals surface area contributed by atoms with Crippen LogP contribution >= 0.6 is 0 Å². The Morgan fingerprint density at radius 3 is 2.53 bits per heavy atom. The van der Waals surface area contributed by atoms with E-state index in [0.29, 0.717) is 6.54 Å². The summed E-state index contributed by atoms with van der Waals surface area (Å²) in [4.78, 5) is 1.57. The van der Waals surface area contributed by atoms with Gasteiger partial charge in [-0.15, -0.1) is 0 Å². The van der Waals surface area contributed by atoms with Gasteiger partial charge in [-0.1, -0.05) is 0 Å². The van der Waals surface area contributed by atoms with Crippen LogP contribution in [0.3, 0.4) is 0 Å². The van der Waals surface area contributed by atoms with Crippen molar-refractivity contribution in [2.24, 2.45) is 0 Å². The monoisotopic (exact) mass is 252 g/mol. The lowest BCUT2D eigenvalue weighted by molar-refractivity contribution is -0.147. The van der Waals surface area contributed by atoms with E-state index in [-0.39, 0.29) is 18.2 Å². The molecule has 100 valence electrons. The molecule has 2 rings (SSSR count). The first kappa shape index (κ1) is 13.1. The molecule has 1 N–H and O–H groups in total. The molecule has 2 atom stereocenters. The fourth-order valence-electron chi connectivity index (χ4n) is 2.40. The van der Waals surface area contributed by atoms with Gasteiger partial charge in [-0.3, -0.25) is 4.90 Å². The van der Waals surface area contributed by atoms with Gasteiger partial charge >= 0.3 is 6.18 Å². The first-order chi connectivity index (χ1) is 7.98. The van der Waals surface area contributed by atoms with Gasteiger partial charge in [-0.25, -0.2) is 0 Å². The van der Waals surface area contributed by atoms with E-state index in [1.54, 1.807) is 12.0 Å². The van der Waals surface area contributed by atoms with Crippen molar-refractivity contribution in [3.63, 3.8) is 0 Å². The molecule has 2 fully saturated rings. The summed E-state index contributed by atoms with van der Waals surface area (Å²) in [6, 6.07) is 0.267. The third kappa shape index (κ3) is 4.12. The largest absolute Gasteiger partial charge is 0.401 e. The molecule has 0 bridgehead atoms. The lowest BCUT2D eigenvalue weighted by Crippen LogP contribution is -2.43. The van der Waals surface area contributed by atoms with Gasteiger partial charge in [0.2, 0.25) is 0 Å². The Morgan fingerprint density at radius 2 is 2.06 bits per heavy atom. The molecule has 17 heavy (non-hydrogen) atoms. The number of halogens is 3. The smallest absolute Gasteiger partial charge is 0.380 e. The predicted octanol–water partition coefficient (Wildman–Crippen LogP) is 1.39. The summed E-state index contributed by atoms with van der Waals surface area (Å²) < 4.78 is 42.5. The summed E-state index contributed by atoms with van der Waals surface area (Å²) in [7, 11) is 1.64. The van der Waals surface area contributed by atoms with Gasteiger partial charge in [0, 0.05) is 32.3 Å². The highest BCUT2D eigenvalue weighted by molar-refractivity contribution is 4.91. The number of rotatable bonds is 5. The van der Waals surface area contributed by atoms with E-state index in [2.05, 4.69) is 5.32 Å². The minimum atomic E-state index is -4.10. The molecule has 2 aliphatic rings. The Labute approximate surface area is 99.3 Å². The van der Waals surface area contributed by atoms with Crippen LogP contribution in [0.25, 0.3) is 0 Å². The standard InChI is InChI=1S/C11H19F3N2O/c1-17-10-4-8(15-5-10)6-16(9-2-3-9)7-11(12,13)14/h8-10,15H,2-7H2,1H3. The van der Waals surface area contributed by atoms with Gasteiger partial charge in [0.15, 0.2) is 0 Å². The molecule has 6 heteroatoms. The second-order valence-electron chi connectivity index (χ2n) is 4.97. The zero-order valence-corrected chi connectivity index (χ0v) is 9.96. The lowest BCUT2D eigenvalue weighted by Gasteiger charge is -2.26. The van der Waals surface area contributed by atoms with E-state index in [9.17, 15) is 13.2 Å². The van der Waals surface area contributed by atoms with Crippen molar-refractivity contribution in [2.75, 3.05) is 26.7 Å². The Kier molecular flexibility index (Phi) is 3.95. The van der Waals surface area contributed by atoms with Gasteiger partial charge < -0.3 is 10.1 Å². The number of hydrogen-bond donors (Lipinski definition) is 1. The Hall–Kier alpha value is -0.330. The van der Waals surface area contributed by atoms with Crippen molar-refractivity contribution in [3.05, 3.63) is 0 Å². The fraction of sp³-hybridized carbons (Fsp3) is 1.00. The molecule has 2 unspecified atom stereocenters. The topological polar surface area (TPSA) is 24.5 Å². The Balaban J connectivity index is 1.81. The number of alkyl halides is 3. The third-order valence-electron chi connectivity index (χ3n) is 3.42. The van der Waals surface area contributed by atoms with E-state index in [1.807, 2.05) is 0 Å². The average Bonchev–Trinajstić information content (AvgIpc) is 2.97. The molecular formula is C11H19F3N2O. The second kappa shape index (κ2) is 5.12. The van der Waals surface area contributed by atoms with Crippen molar-refractivity contribution >= 4 is 0 Å². The number of ether oxygens (including phenoxy) is 1. The molecule has 1 saturated carbocycles. The number of nitrogens with one attached hydrogen (secondary N) is 1. The minimum absolute atomic E-state index is 0.128. The Morgan fingerprint density at radius 1 is 1.35 bits per heavy atom. The van der Waals surface area contributed by atoms with Crippen molar-refractivity contribution in [1.82, 2.24) is 10.2 Å². The van der Waals surface area contributed by atoms with Crippen LogP contribution in [0.1, 0.15) is 19.3 Å². The highest BCUT2D eigenvalue weighted by Gasteiger charge is 2.39. The van der Waals surface area contributed by atoms with Crippen molar-refractivity contribution < 1.29 is 17.9 Å². The van der Waals surface area contributed by atoms with Crippen LogP contribution < -0.4 is 5.32 Å². The van der Waals surface area contributed by atoms with Gasteiger partial charge in [-0.05, 0) is 19.3 Å². The average molecular weight is 252 g/mol. The quantitative estimate of drug-likeness (QED) is 0.800. The van der Waals surface area contributed by atoms with Crippen LogP contribution in [0, 0.1) is 0 Å².